The lowest BCUT2D eigenvalue weighted by Gasteiger charge is -2.00. The van der Waals surface area contributed by atoms with E-state index in [2.05, 4.69) is 0 Å². The number of benzene rings is 1. The highest BCUT2D eigenvalue weighted by Crippen LogP contribution is 2.16. The van der Waals surface area contributed by atoms with Crippen molar-refractivity contribution in [3.05, 3.63) is 41.0 Å². The molecule has 0 amide bonds. The molecule has 1 rings (SSSR count). The molecule has 1 aromatic carbocycles. The van der Waals surface area contributed by atoms with Crippen molar-refractivity contribution >= 4 is 12.4 Å². The minimum atomic E-state index is -0.904. The molecule has 0 spiro atoms. The molecule has 0 aliphatic heterocycles. The fourth-order valence-corrected chi connectivity index (χ4v) is 1.06. The van der Waals surface area contributed by atoms with Crippen molar-refractivity contribution in [1.82, 2.24) is 0 Å². The van der Waals surface area contributed by atoms with Crippen LogP contribution in [0, 0.1) is 23.0 Å². The van der Waals surface area contributed by atoms with Crippen molar-refractivity contribution in [2.45, 2.75) is 6.42 Å². The Morgan fingerprint density at radius 3 is 2.73 bits per heavy atom. The van der Waals surface area contributed by atoms with E-state index in [1.54, 1.807) is 0 Å². The maximum Gasteiger partial charge on any atom is 0.155 e. The van der Waals surface area contributed by atoms with Crippen molar-refractivity contribution in [3.8, 4) is 6.07 Å². The number of carbonyl (C=O) groups excluding carboxylic acids is 1. The number of rotatable bonds is 3. The summed E-state index contributed by atoms with van der Waals surface area (Å²) in [6, 6.07) is 4.07. The molecule has 0 bridgehead atoms. The molecular weight excluding hydrogens is 200 g/mol. The number of hydrogen-bond acceptors (Lipinski definition) is 2. The van der Waals surface area contributed by atoms with Crippen LogP contribution in [0.5, 0.6) is 0 Å². The molecule has 0 aliphatic rings. The van der Waals surface area contributed by atoms with Crippen molar-refractivity contribution < 1.29 is 13.6 Å². The first-order valence-corrected chi connectivity index (χ1v) is 4.17. The van der Waals surface area contributed by atoms with Crippen molar-refractivity contribution in [3.63, 3.8) is 0 Å². The molecule has 0 radical (unpaired) electrons. The number of nitriles is 1. The molecule has 0 unspecified atom stereocenters. The van der Waals surface area contributed by atoms with Crippen LogP contribution in [0.2, 0.25) is 0 Å². The van der Waals surface area contributed by atoms with Crippen molar-refractivity contribution in [1.29, 1.82) is 5.26 Å². The minimum absolute atomic E-state index is 0.0914. The third-order valence-corrected chi connectivity index (χ3v) is 1.78. The van der Waals surface area contributed by atoms with Crippen LogP contribution in [0.1, 0.15) is 22.3 Å². The zero-order chi connectivity index (χ0) is 11.3. The van der Waals surface area contributed by atoms with Gasteiger partial charge in [0.25, 0.3) is 0 Å². The second-order valence-electron chi connectivity index (χ2n) is 2.75. The van der Waals surface area contributed by atoms with Crippen LogP contribution in [0.15, 0.2) is 18.2 Å². The van der Waals surface area contributed by atoms with Gasteiger partial charge in [-0.05, 0) is 12.1 Å². The summed E-state index contributed by atoms with van der Waals surface area (Å²) < 4.78 is 26.2. The maximum atomic E-state index is 13.4. The van der Waals surface area contributed by atoms with Gasteiger partial charge in [0.05, 0.1) is 18.1 Å². The van der Waals surface area contributed by atoms with Gasteiger partial charge in [-0.1, -0.05) is 12.2 Å². The lowest BCUT2D eigenvalue weighted by molar-refractivity contribution is 0.111. The molecule has 0 atom stereocenters. The molecule has 0 fully saturated rings. The monoisotopic (exact) mass is 207 g/mol. The quantitative estimate of drug-likeness (QED) is 0.715. The van der Waals surface area contributed by atoms with Gasteiger partial charge in [-0.3, -0.25) is 4.79 Å². The number of hydrogen-bond donors (Lipinski definition) is 0. The summed E-state index contributed by atoms with van der Waals surface area (Å²) in [5.41, 5.74) is -0.497. The Balaban J connectivity index is 3.11. The van der Waals surface area contributed by atoms with E-state index in [0.29, 0.717) is 0 Å². The van der Waals surface area contributed by atoms with Gasteiger partial charge in [0.2, 0.25) is 0 Å². The molecule has 0 heterocycles. The molecule has 0 saturated carbocycles. The number of allylic oxidation sites excluding steroid dienone is 1. The second-order valence-corrected chi connectivity index (χ2v) is 2.75. The predicted molar refractivity (Wildman–Crippen MR) is 51.0 cm³/mol. The number of halogens is 2. The van der Waals surface area contributed by atoms with Gasteiger partial charge in [0.15, 0.2) is 6.29 Å². The van der Waals surface area contributed by atoms with Gasteiger partial charge >= 0.3 is 0 Å². The van der Waals surface area contributed by atoms with Crippen LogP contribution in [0.3, 0.4) is 0 Å². The predicted octanol–water partition coefficient (Wildman–Crippen LogP) is 2.70. The molecule has 0 aliphatic carbocycles. The summed E-state index contributed by atoms with van der Waals surface area (Å²) >= 11 is 0. The van der Waals surface area contributed by atoms with E-state index >= 15 is 0 Å². The molecule has 2 nitrogen and oxygen atoms in total. The van der Waals surface area contributed by atoms with Crippen LogP contribution in [-0.4, -0.2) is 6.29 Å². The van der Waals surface area contributed by atoms with Crippen molar-refractivity contribution in [2.24, 2.45) is 0 Å². The summed E-state index contributed by atoms with van der Waals surface area (Å²) in [6.07, 6.45) is 3.04. The Kier molecular flexibility index (Phi) is 3.69. The van der Waals surface area contributed by atoms with E-state index in [0.717, 1.165) is 6.07 Å². The lowest BCUT2D eigenvalue weighted by Crippen LogP contribution is -1.95. The Bertz CT molecular complexity index is 447. The Labute approximate surface area is 85.5 Å². The summed E-state index contributed by atoms with van der Waals surface area (Å²) in [4.78, 5) is 10.4. The molecule has 76 valence electrons. The first-order chi connectivity index (χ1) is 7.20. The van der Waals surface area contributed by atoms with Crippen LogP contribution < -0.4 is 0 Å². The zero-order valence-electron chi connectivity index (χ0n) is 7.71. The Hall–Kier alpha value is -2.02. The highest BCUT2D eigenvalue weighted by molar-refractivity contribution is 5.77. The molecule has 0 N–H and O–H groups in total. The van der Waals surface area contributed by atoms with Crippen LogP contribution >= 0.6 is 0 Å². The van der Waals surface area contributed by atoms with E-state index < -0.39 is 17.2 Å². The largest absolute Gasteiger partial charge is 0.298 e. The topological polar surface area (TPSA) is 40.9 Å². The normalized spacial score (nSPS) is 10.2. The van der Waals surface area contributed by atoms with Crippen LogP contribution in [0.4, 0.5) is 8.78 Å². The highest BCUT2D eigenvalue weighted by Gasteiger charge is 2.10. The van der Waals surface area contributed by atoms with Gasteiger partial charge in [-0.25, -0.2) is 8.78 Å². The lowest BCUT2D eigenvalue weighted by atomic mass is 10.1. The Morgan fingerprint density at radius 1 is 1.40 bits per heavy atom. The summed E-state index contributed by atoms with van der Waals surface area (Å²) in [5.74, 6) is -1.79. The van der Waals surface area contributed by atoms with Crippen molar-refractivity contribution in [2.75, 3.05) is 0 Å². The summed E-state index contributed by atoms with van der Waals surface area (Å²) in [6.45, 7) is 0. The maximum absolute atomic E-state index is 13.4. The smallest absolute Gasteiger partial charge is 0.155 e. The van der Waals surface area contributed by atoms with Gasteiger partial charge in [-0.2, -0.15) is 5.26 Å². The summed E-state index contributed by atoms with van der Waals surface area (Å²) in [7, 11) is 0. The number of carbonyl (C=O) groups is 1. The molecule has 1 aromatic rings. The SMILES string of the molecule is N#CCC=Cc1ccc(F)c(C=O)c1F. The fraction of sp³-hybridized carbons (Fsp3) is 0.0909. The van der Waals surface area contributed by atoms with Gasteiger partial charge < -0.3 is 0 Å². The average Bonchev–Trinajstić information content (AvgIpc) is 2.22. The van der Waals surface area contributed by atoms with Gasteiger partial charge in [0, 0.05) is 5.56 Å². The van der Waals surface area contributed by atoms with E-state index in [1.807, 2.05) is 6.07 Å². The zero-order valence-corrected chi connectivity index (χ0v) is 7.71. The first-order valence-electron chi connectivity index (χ1n) is 4.17. The van der Waals surface area contributed by atoms with Crippen LogP contribution in [0.25, 0.3) is 6.08 Å². The van der Waals surface area contributed by atoms with Gasteiger partial charge in [0.1, 0.15) is 11.6 Å². The highest BCUT2D eigenvalue weighted by atomic mass is 19.1. The fourth-order valence-electron chi connectivity index (χ4n) is 1.06. The average molecular weight is 207 g/mol. The minimum Gasteiger partial charge on any atom is -0.298 e. The van der Waals surface area contributed by atoms with E-state index in [9.17, 15) is 13.6 Å². The molecule has 15 heavy (non-hydrogen) atoms. The summed E-state index contributed by atoms with van der Waals surface area (Å²) in [5, 5.41) is 8.25. The molecular formula is C11H7F2NO. The standard InChI is InChI=1S/C11H7F2NO/c12-10-5-4-8(3-1-2-6-14)11(13)9(10)7-15/h1,3-5,7H,2H2. The number of nitrogens with zero attached hydrogens (tertiary/aromatic N) is 1. The third kappa shape index (κ3) is 2.47. The Morgan fingerprint density at radius 2 is 2.13 bits per heavy atom. The molecule has 0 aromatic heterocycles. The molecule has 4 heteroatoms. The van der Waals surface area contributed by atoms with Gasteiger partial charge in [-0.15, -0.1) is 0 Å². The van der Waals surface area contributed by atoms with E-state index in [4.69, 9.17) is 5.26 Å². The third-order valence-electron chi connectivity index (χ3n) is 1.78. The molecule has 0 saturated heterocycles. The van der Waals surface area contributed by atoms with E-state index in [1.165, 1.54) is 18.2 Å². The number of aldehydes is 1. The second kappa shape index (κ2) is 5.01. The van der Waals surface area contributed by atoms with Crippen LogP contribution in [-0.2, 0) is 0 Å². The van der Waals surface area contributed by atoms with E-state index in [-0.39, 0.29) is 18.3 Å². The first kappa shape index (κ1) is 11.1.